The first-order chi connectivity index (χ1) is 4.72. The number of nitrogens with zero attached hydrogens (tertiary/aromatic N) is 1. The maximum Gasteiger partial charge on any atom is 0.245 e. The summed E-state index contributed by atoms with van der Waals surface area (Å²) in [5.74, 6) is -0.245. The lowest BCUT2D eigenvalue weighted by Crippen LogP contribution is -2.31. The minimum atomic E-state index is -0.613. The number of carbonyl (C=O) groups excluding carboxylic acids is 2. The summed E-state index contributed by atoms with van der Waals surface area (Å²) >= 11 is 0. The molecule has 1 atom stereocenters. The fraction of sp³-hybridized carbons (Fsp3) is 0.667. The van der Waals surface area contributed by atoms with Crippen LogP contribution in [0.25, 0.3) is 0 Å². The van der Waals surface area contributed by atoms with Gasteiger partial charge in [-0.05, 0) is 13.8 Å². The molecule has 0 bridgehead atoms. The standard InChI is InChI=1S/C6H10N2O2/c1-3-7-6(10)5(2)8-4-9/h5H,3H2,1-2H3,(H,7,10). The Balaban J connectivity index is 3.81. The summed E-state index contributed by atoms with van der Waals surface area (Å²) in [5.41, 5.74) is 0. The monoisotopic (exact) mass is 142 g/mol. The van der Waals surface area contributed by atoms with Gasteiger partial charge in [-0.2, -0.15) is 4.99 Å². The van der Waals surface area contributed by atoms with Gasteiger partial charge in [-0.15, -0.1) is 0 Å². The summed E-state index contributed by atoms with van der Waals surface area (Å²) in [4.78, 5) is 23.6. The van der Waals surface area contributed by atoms with E-state index >= 15 is 0 Å². The molecule has 1 amide bonds. The third kappa shape index (κ3) is 2.99. The van der Waals surface area contributed by atoms with Crippen molar-refractivity contribution in [3.8, 4) is 0 Å². The zero-order valence-corrected chi connectivity index (χ0v) is 6.05. The van der Waals surface area contributed by atoms with E-state index in [9.17, 15) is 9.59 Å². The second-order valence-corrected chi connectivity index (χ2v) is 1.79. The summed E-state index contributed by atoms with van der Waals surface area (Å²) in [5, 5.41) is 2.52. The highest BCUT2D eigenvalue weighted by Gasteiger charge is 2.08. The maximum absolute atomic E-state index is 10.7. The lowest BCUT2D eigenvalue weighted by molar-refractivity contribution is -0.121. The molecule has 1 unspecified atom stereocenters. The highest BCUT2D eigenvalue weighted by Crippen LogP contribution is 1.85. The van der Waals surface area contributed by atoms with Crippen LogP contribution < -0.4 is 5.32 Å². The van der Waals surface area contributed by atoms with E-state index in [0.717, 1.165) is 0 Å². The minimum Gasteiger partial charge on any atom is -0.355 e. The highest BCUT2D eigenvalue weighted by molar-refractivity contribution is 5.82. The predicted molar refractivity (Wildman–Crippen MR) is 36.3 cm³/mol. The summed E-state index contributed by atoms with van der Waals surface area (Å²) < 4.78 is 0. The molecule has 1 N–H and O–H groups in total. The van der Waals surface area contributed by atoms with Crippen LogP contribution >= 0.6 is 0 Å². The van der Waals surface area contributed by atoms with Crippen molar-refractivity contribution in [3.05, 3.63) is 0 Å². The van der Waals surface area contributed by atoms with Crippen molar-refractivity contribution in [2.24, 2.45) is 4.99 Å². The maximum atomic E-state index is 10.7. The molecule has 4 nitrogen and oxygen atoms in total. The molecule has 0 rings (SSSR count). The number of aliphatic imine (C=N–C) groups is 1. The number of carbonyl (C=O) groups is 1. The fourth-order valence-electron chi connectivity index (χ4n) is 0.460. The normalized spacial score (nSPS) is 11.4. The van der Waals surface area contributed by atoms with Gasteiger partial charge >= 0.3 is 0 Å². The van der Waals surface area contributed by atoms with Crippen LogP contribution in [0.5, 0.6) is 0 Å². The van der Waals surface area contributed by atoms with E-state index in [1.807, 2.05) is 0 Å². The molecular weight excluding hydrogens is 132 g/mol. The quantitative estimate of drug-likeness (QED) is 0.440. The Morgan fingerprint density at radius 1 is 1.80 bits per heavy atom. The average Bonchev–Trinajstić information content (AvgIpc) is 1.89. The van der Waals surface area contributed by atoms with Gasteiger partial charge in [-0.1, -0.05) is 0 Å². The summed E-state index contributed by atoms with van der Waals surface area (Å²) in [6, 6.07) is -0.613. The van der Waals surface area contributed by atoms with E-state index in [0.29, 0.717) is 6.54 Å². The number of nitrogens with one attached hydrogen (secondary N) is 1. The number of hydrogen-bond donors (Lipinski definition) is 1. The number of amides is 1. The zero-order chi connectivity index (χ0) is 7.98. The van der Waals surface area contributed by atoms with Crippen LogP contribution in [-0.2, 0) is 9.59 Å². The smallest absolute Gasteiger partial charge is 0.245 e. The molecule has 0 saturated carbocycles. The van der Waals surface area contributed by atoms with Gasteiger partial charge in [0.15, 0.2) is 0 Å². The molecular formula is C6H10N2O2. The molecule has 56 valence electrons. The largest absolute Gasteiger partial charge is 0.355 e. The van der Waals surface area contributed by atoms with Crippen LogP contribution in [0.15, 0.2) is 4.99 Å². The molecule has 0 aromatic heterocycles. The van der Waals surface area contributed by atoms with Crippen molar-refractivity contribution < 1.29 is 9.59 Å². The molecule has 4 heteroatoms. The van der Waals surface area contributed by atoms with Gasteiger partial charge in [0.1, 0.15) is 6.04 Å². The van der Waals surface area contributed by atoms with Crippen LogP contribution in [0, 0.1) is 0 Å². The van der Waals surface area contributed by atoms with E-state index in [1.165, 1.54) is 13.0 Å². The van der Waals surface area contributed by atoms with Crippen molar-refractivity contribution in [3.63, 3.8) is 0 Å². The van der Waals surface area contributed by atoms with E-state index in [1.54, 1.807) is 6.92 Å². The van der Waals surface area contributed by atoms with E-state index in [4.69, 9.17) is 0 Å². The average molecular weight is 142 g/mol. The zero-order valence-electron chi connectivity index (χ0n) is 6.05. The second kappa shape index (κ2) is 4.70. The Morgan fingerprint density at radius 3 is 2.80 bits per heavy atom. The second-order valence-electron chi connectivity index (χ2n) is 1.79. The Bertz CT molecular complexity index is 161. The molecule has 0 aromatic carbocycles. The number of isocyanates is 1. The van der Waals surface area contributed by atoms with E-state index in [-0.39, 0.29) is 5.91 Å². The third-order valence-electron chi connectivity index (χ3n) is 0.977. The summed E-state index contributed by atoms with van der Waals surface area (Å²) in [6.45, 7) is 3.89. The molecule has 0 radical (unpaired) electrons. The molecule has 0 aromatic rings. The molecule has 0 aliphatic carbocycles. The lowest BCUT2D eigenvalue weighted by Gasteiger charge is -2.02. The molecule has 0 spiro atoms. The number of hydrogen-bond acceptors (Lipinski definition) is 3. The molecule has 0 aliphatic heterocycles. The van der Waals surface area contributed by atoms with Crippen molar-refractivity contribution in [1.29, 1.82) is 0 Å². The van der Waals surface area contributed by atoms with Gasteiger partial charge in [0.25, 0.3) is 0 Å². The Labute approximate surface area is 59.3 Å². The van der Waals surface area contributed by atoms with Crippen molar-refractivity contribution in [2.75, 3.05) is 6.54 Å². The van der Waals surface area contributed by atoms with Gasteiger partial charge in [-0.3, -0.25) is 4.79 Å². The fourth-order valence-corrected chi connectivity index (χ4v) is 0.460. The first kappa shape index (κ1) is 8.85. The summed E-state index contributed by atoms with van der Waals surface area (Å²) in [6.07, 6.45) is 1.32. The molecule has 0 aliphatic rings. The highest BCUT2D eigenvalue weighted by atomic mass is 16.2. The van der Waals surface area contributed by atoms with Crippen molar-refractivity contribution in [2.45, 2.75) is 19.9 Å². The Morgan fingerprint density at radius 2 is 2.40 bits per heavy atom. The number of likely N-dealkylation sites (N-methyl/N-ethyl adjacent to an activating group) is 1. The lowest BCUT2D eigenvalue weighted by atomic mass is 10.3. The minimum absolute atomic E-state index is 0.245. The molecule has 0 heterocycles. The van der Waals surface area contributed by atoms with Crippen LogP contribution in [0.4, 0.5) is 0 Å². The van der Waals surface area contributed by atoms with Crippen LogP contribution in [0.1, 0.15) is 13.8 Å². The topological polar surface area (TPSA) is 58.5 Å². The SMILES string of the molecule is CCNC(=O)C(C)N=C=O. The number of rotatable bonds is 3. The molecule has 10 heavy (non-hydrogen) atoms. The molecule has 0 saturated heterocycles. The molecule has 0 fully saturated rings. The summed E-state index contributed by atoms with van der Waals surface area (Å²) in [7, 11) is 0. The van der Waals surface area contributed by atoms with Crippen molar-refractivity contribution >= 4 is 12.0 Å². The third-order valence-corrected chi connectivity index (χ3v) is 0.977. The van der Waals surface area contributed by atoms with E-state index in [2.05, 4.69) is 10.3 Å². The van der Waals surface area contributed by atoms with Crippen molar-refractivity contribution in [1.82, 2.24) is 5.32 Å². The Hall–Kier alpha value is -1.15. The van der Waals surface area contributed by atoms with Gasteiger partial charge in [0.2, 0.25) is 12.0 Å². The van der Waals surface area contributed by atoms with Crippen LogP contribution in [-0.4, -0.2) is 24.6 Å². The van der Waals surface area contributed by atoms with Crippen LogP contribution in [0.3, 0.4) is 0 Å². The predicted octanol–water partition coefficient (Wildman–Crippen LogP) is -0.153. The van der Waals surface area contributed by atoms with Gasteiger partial charge in [0, 0.05) is 6.54 Å². The first-order valence-electron chi connectivity index (χ1n) is 3.07. The first-order valence-corrected chi connectivity index (χ1v) is 3.07. The van der Waals surface area contributed by atoms with Gasteiger partial charge in [-0.25, -0.2) is 4.79 Å². The Kier molecular flexibility index (Phi) is 4.16. The van der Waals surface area contributed by atoms with Gasteiger partial charge in [0.05, 0.1) is 0 Å². The van der Waals surface area contributed by atoms with Gasteiger partial charge < -0.3 is 5.32 Å². The van der Waals surface area contributed by atoms with E-state index < -0.39 is 6.04 Å². The van der Waals surface area contributed by atoms with Crippen LogP contribution in [0.2, 0.25) is 0 Å².